The summed E-state index contributed by atoms with van der Waals surface area (Å²) in [5.41, 5.74) is 9.87. The van der Waals surface area contributed by atoms with Crippen LogP contribution in [0.25, 0.3) is 11.3 Å². The average Bonchev–Trinajstić information content (AvgIpc) is 3.03. The summed E-state index contributed by atoms with van der Waals surface area (Å²) in [5, 5.41) is 7.01. The molecule has 0 spiro atoms. The van der Waals surface area contributed by atoms with E-state index in [0.717, 1.165) is 28.1 Å². The smallest absolute Gasteiger partial charge is 0.119 e. The molecule has 0 bridgehead atoms. The molecule has 21 heavy (non-hydrogen) atoms. The Labute approximate surface area is 123 Å². The topological polar surface area (TPSA) is 63.9 Å². The van der Waals surface area contributed by atoms with Crippen molar-refractivity contribution >= 4 is 0 Å². The highest BCUT2D eigenvalue weighted by molar-refractivity contribution is 5.63. The molecule has 0 aliphatic carbocycles. The molecular weight excluding hydrogens is 262 g/mol. The van der Waals surface area contributed by atoms with E-state index in [9.17, 15) is 0 Å². The lowest BCUT2D eigenvalue weighted by Crippen LogP contribution is -1.97. The zero-order valence-corrected chi connectivity index (χ0v) is 11.6. The number of benzene rings is 2. The van der Waals surface area contributed by atoms with Crippen LogP contribution in [-0.4, -0.2) is 10.2 Å². The van der Waals surface area contributed by atoms with Crippen LogP contribution >= 0.6 is 0 Å². The van der Waals surface area contributed by atoms with Crippen molar-refractivity contribution in [1.82, 2.24) is 10.2 Å². The van der Waals surface area contributed by atoms with E-state index in [1.165, 1.54) is 0 Å². The molecule has 0 radical (unpaired) electrons. The second kappa shape index (κ2) is 6.24. The quantitative estimate of drug-likeness (QED) is 0.754. The third kappa shape index (κ3) is 3.12. The molecule has 2 aromatic carbocycles. The van der Waals surface area contributed by atoms with Crippen molar-refractivity contribution < 1.29 is 4.74 Å². The summed E-state index contributed by atoms with van der Waals surface area (Å²) in [5.74, 6) is 0.844. The minimum absolute atomic E-state index is 0.470. The standard InChI is InChI=1S/C17H17N3O/c18-10-15-11-19-20-17(15)14-6-8-16(9-7-14)21-12-13-4-2-1-3-5-13/h1-9,11H,10,12,18H2,(H,19,20). The fourth-order valence-electron chi connectivity index (χ4n) is 2.17. The molecule has 0 amide bonds. The highest BCUT2D eigenvalue weighted by atomic mass is 16.5. The Morgan fingerprint density at radius 2 is 1.76 bits per heavy atom. The summed E-state index contributed by atoms with van der Waals surface area (Å²) in [6.45, 7) is 1.04. The Morgan fingerprint density at radius 3 is 2.48 bits per heavy atom. The Balaban J connectivity index is 1.70. The van der Waals surface area contributed by atoms with Crippen molar-refractivity contribution in [1.29, 1.82) is 0 Å². The Hall–Kier alpha value is -2.59. The van der Waals surface area contributed by atoms with Crippen LogP contribution < -0.4 is 10.5 Å². The highest BCUT2D eigenvalue weighted by Crippen LogP contribution is 2.23. The van der Waals surface area contributed by atoms with Crippen LogP contribution in [0.1, 0.15) is 11.1 Å². The van der Waals surface area contributed by atoms with E-state index in [2.05, 4.69) is 10.2 Å². The van der Waals surface area contributed by atoms with E-state index in [-0.39, 0.29) is 0 Å². The fraction of sp³-hybridized carbons (Fsp3) is 0.118. The van der Waals surface area contributed by atoms with Crippen molar-refractivity contribution in [2.75, 3.05) is 0 Å². The second-order valence-electron chi connectivity index (χ2n) is 4.77. The number of hydrogen-bond donors (Lipinski definition) is 2. The summed E-state index contributed by atoms with van der Waals surface area (Å²) < 4.78 is 5.77. The van der Waals surface area contributed by atoms with Gasteiger partial charge < -0.3 is 10.5 Å². The number of nitrogens with two attached hydrogens (primary N) is 1. The van der Waals surface area contributed by atoms with Crippen LogP contribution in [0.2, 0.25) is 0 Å². The average molecular weight is 279 g/mol. The largest absolute Gasteiger partial charge is 0.489 e. The van der Waals surface area contributed by atoms with Gasteiger partial charge in [0.25, 0.3) is 0 Å². The molecule has 0 fully saturated rings. The molecule has 1 heterocycles. The van der Waals surface area contributed by atoms with E-state index in [4.69, 9.17) is 10.5 Å². The molecule has 4 heteroatoms. The lowest BCUT2D eigenvalue weighted by molar-refractivity contribution is 0.306. The van der Waals surface area contributed by atoms with E-state index >= 15 is 0 Å². The number of aromatic nitrogens is 2. The summed E-state index contributed by atoms with van der Waals surface area (Å²) in [6, 6.07) is 18.0. The summed E-state index contributed by atoms with van der Waals surface area (Å²) in [7, 11) is 0. The van der Waals surface area contributed by atoms with Crippen molar-refractivity contribution in [3.8, 4) is 17.0 Å². The Morgan fingerprint density at radius 1 is 1.00 bits per heavy atom. The zero-order chi connectivity index (χ0) is 14.5. The SMILES string of the molecule is NCc1cn[nH]c1-c1ccc(OCc2ccccc2)cc1. The number of ether oxygens (including phenoxy) is 1. The minimum atomic E-state index is 0.470. The van der Waals surface area contributed by atoms with Crippen molar-refractivity contribution in [2.45, 2.75) is 13.2 Å². The lowest BCUT2D eigenvalue weighted by atomic mass is 10.1. The third-order valence-electron chi connectivity index (χ3n) is 3.33. The van der Waals surface area contributed by atoms with Crippen LogP contribution in [-0.2, 0) is 13.2 Å². The first kappa shape index (κ1) is 13.4. The summed E-state index contributed by atoms with van der Waals surface area (Å²) >= 11 is 0. The maximum absolute atomic E-state index is 5.77. The molecule has 3 N–H and O–H groups in total. The Kier molecular flexibility index (Phi) is 3.98. The molecule has 3 rings (SSSR count). The number of rotatable bonds is 5. The van der Waals surface area contributed by atoms with Gasteiger partial charge in [0.15, 0.2) is 0 Å². The first-order chi connectivity index (χ1) is 10.4. The van der Waals surface area contributed by atoms with Gasteiger partial charge in [0.2, 0.25) is 0 Å². The van der Waals surface area contributed by atoms with Gasteiger partial charge in [-0.1, -0.05) is 30.3 Å². The highest BCUT2D eigenvalue weighted by Gasteiger charge is 2.06. The predicted octanol–water partition coefficient (Wildman–Crippen LogP) is 3.11. The van der Waals surface area contributed by atoms with Crippen molar-refractivity contribution in [2.24, 2.45) is 5.73 Å². The summed E-state index contributed by atoms with van der Waals surface area (Å²) in [4.78, 5) is 0. The number of aromatic amines is 1. The molecule has 106 valence electrons. The van der Waals surface area contributed by atoms with E-state index in [0.29, 0.717) is 13.2 Å². The van der Waals surface area contributed by atoms with E-state index in [1.807, 2.05) is 54.6 Å². The monoisotopic (exact) mass is 279 g/mol. The lowest BCUT2D eigenvalue weighted by Gasteiger charge is -2.07. The second-order valence-corrected chi connectivity index (χ2v) is 4.77. The molecule has 1 aromatic heterocycles. The van der Waals surface area contributed by atoms with Crippen LogP contribution in [0.15, 0.2) is 60.8 Å². The maximum Gasteiger partial charge on any atom is 0.119 e. The van der Waals surface area contributed by atoms with Gasteiger partial charge in [-0.2, -0.15) is 5.10 Å². The van der Waals surface area contributed by atoms with E-state index in [1.54, 1.807) is 6.20 Å². The molecular formula is C17H17N3O. The van der Waals surface area contributed by atoms with Crippen molar-refractivity contribution in [3.05, 3.63) is 71.9 Å². The molecule has 0 atom stereocenters. The van der Waals surface area contributed by atoms with Crippen LogP contribution in [0.5, 0.6) is 5.75 Å². The van der Waals surface area contributed by atoms with Gasteiger partial charge in [-0.15, -0.1) is 0 Å². The first-order valence-electron chi connectivity index (χ1n) is 6.86. The zero-order valence-electron chi connectivity index (χ0n) is 11.6. The van der Waals surface area contributed by atoms with Crippen LogP contribution in [0, 0.1) is 0 Å². The summed E-state index contributed by atoms with van der Waals surface area (Å²) in [6.07, 6.45) is 1.76. The normalized spacial score (nSPS) is 10.5. The molecule has 0 aliphatic rings. The van der Waals surface area contributed by atoms with E-state index < -0.39 is 0 Å². The first-order valence-corrected chi connectivity index (χ1v) is 6.86. The van der Waals surface area contributed by atoms with Gasteiger partial charge in [-0.25, -0.2) is 0 Å². The molecule has 0 aliphatic heterocycles. The van der Waals surface area contributed by atoms with Gasteiger partial charge in [0, 0.05) is 17.7 Å². The number of H-pyrrole nitrogens is 1. The molecule has 4 nitrogen and oxygen atoms in total. The fourth-order valence-corrected chi connectivity index (χ4v) is 2.17. The van der Waals surface area contributed by atoms with Gasteiger partial charge >= 0.3 is 0 Å². The molecule has 0 saturated carbocycles. The van der Waals surface area contributed by atoms with Crippen LogP contribution in [0.3, 0.4) is 0 Å². The van der Waals surface area contributed by atoms with Gasteiger partial charge in [0.1, 0.15) is 12.4 Å². The molecule has 0 unspecified atom stereocenters. The third-order valence-corrected chi connectivity index (χ3v) is 3.33. The predicted molar refractivity (Wildman–Crippen MR) is 82.7 cm³/mol. The number of nitrogens with one attached hydrogen (secondary N) is 1. The molecule has 0 saturated heterocycles. The van der Waals surface area contributed by atoms with Gasteiger partial charge in [0.05, 0.1) is 11.9 Å². The minimum Gasteiger partial charge on any atom is -0.489 e. The van der Waals surface area contributed by atoms with Gasteiger partial charge in [-0.3, -0.25) is 5.10 Å². The number of nitrogens with zero attached hydrogens (tertiary/aromatic N) is 1. The maximum atomic E-state index is 5.77. The molecule has 3 aromatic rings. The number of hydrogen-bond acceptors (Lipinski definition) is 3. The van der Waals surface area contributed by atoms with Gasteiger partial charge in [-0.05, 0) is 29.8 Å². The van der Waals surface area contributed by atoms with Crippen LogP contribution in [0.4, 0.5) is 0 Å². The van der Waals surface area contributed by atoms with Crippen molar-refractivity contribution in [3.63, 3.8) is 0 Å². The Bertz CT molecular complexity index is 690.